The molecule has 0 radical (unpaired) electrons. The van der Waals surface area contributed by atoms with E-state index < -0.39 is 0 Å². The molecule has 0 N–H and O–H groups in total. The SMILES string of the molecule is CC1=C(/C=C/C(C)=C/CC/C(C)=C/C=C/C=C(\C)CCCC(C)/C=C/C2=C(C)CCCC2(C)C)C(C)(C)CCC1. The average molecular weight is 543 g/mol. The molecule has 0 aromatic rings. The van der Waals surface area contributed by atoms with Gasteiger partial charge in [0.25, 0.3) is 0 Å². The third-order valence-corrected chi connectivity index (χ3v) is 9.30. The fourth-order valence-electron chi connectivity index (χ4n) is 6.50. The Hall–Kier alpha value is -2.08. The van der Waals surface area contributed by atoms with Crippen LogP contribution in [0, 0.1) is 16.7 Å². The zero-order valence-electron chi connectivity index (χ0n) is 28.1. The van der Waals surface area contributed by atoms with Crippen molar-refractivity contribution in [3.05, 3.63) is 93.7 Å². The smallest absolute Gasteiger partial charge is 0.0104 e. The summed E-state index contributed by atoms with van der Waals surface area (Å²) in [7, 11) is 0. The molecular formula is C40H62. The van der Waals surface area contributed by atoms with Crippen molar-refractivity contribution < 1.29 is 0 Å². The maximum atomic E-state index is 2.46. The highest BCUT2D eigenvalue weighted by atomic mass is 14.3. The molecule has 0 spiro atoms. The molecule has 0 heteroatoms. The molecule has 1 atom stereocenters. The first-order chi connectivity index (χ1) is 18.8. The molecule has 0 fully saturated rings. The van der Waals surface area contributed by atoms with Gasteiger partial charge in [-0.2, -0.15) is 0 Å². The molecule has 0 nitrogen and oxygen atoms in total. The second-order valence-corrected chi connectivity index (χ2v) is 14.3. The van der Waals surface area contributed by atoms with Crippen molar-refractivity contribution in [3.63, 3.8) is 0 Å². The maximum Gasteiger partial charge on any atom is -0.0104 e. The van der Waals surface area contributed by atoms with Gasteiger partial charge < -0.3 is 0 Å². The molecule has 0 amide bonds. The van der Waals surface area contributed by atoms with Gasteiger partial charge in [0.1, 0.15) is 0 Å². The van der Waals surface area contributed by atoms with Crippen LogP contribution in [0.3, 0.4) is 0 Å². The third kappa shape index (κ3) is 11.8. The maximum absolute atomic E-state index is 2.46. The number of hydrogen-bond acceptors (Lipinski definition) is 0. The van der Waals surface area contributed by atoms with E-state index in [9.17, 15) is 0 Å². The van der Waals surface area contributed by atoms with Gasteiger partial charge in [0, 0.05) is 0 Å². The van der Waals surface area contributed by atoms with Crippen LogP contribution >= 0.6 is 0 Å². The van der Waals surface area contributed by atoms with Gasteiger partial charge in [-0.05, 0) is 133 Å². The lowest BCUT2D eigenvalue weighted by Crippen LogP contribution is -2.19. The van der Waals surface area contributed by atoms with Gasteiger partial charge in [0.15, 0.2) is 0 Å². The molecule has 0 aliphatic heterocycles. The quantitative estimate of drug-likeness (QED) is 0.203. The number of rotatable bonds is 13. The minimum absolute atomic E-state index is 0.316. The van der Waals surface area contributed by atoms with E-state index in [0.29, 0.717) is 16.7 Å². The highest BCUT2D eigenvalue weighted by molar-refractivity contribution is 5.36. The minimum atomic E-state index is 0.316. The number of allylic oxidation sites excluding steroid dienone is 16. The molecule has 2 aliphatic carbocycles. The Morgan fingerprint density at radius 1 is 0.775 bits per heavy atom. The van der Waals surface area contributed by atoms with Crippen molar-refractivity contribution in [2.75, 3.05) is 0 Å². The topological polar surface area (TPSA) is 0 Å². The van der Waals surface area contributed by atoms with Crippen LogP contribution in [0.15, 0.2) is 93.7 Å². The van der Waals surface area contributed by atoms with E-state index in [2.05, 4.69) is 124 Å². The Labute approximate surface area is 249 Å². The van der Waals surface area contributed by atoms with E-state index in [0.717, 1.165) is 12.8 Å². The van der Waals surface area contributed by atoms with E-state index >= 15 is 0 Å². The fraction of sp³-hybridized carbons (Fsp3) is 0.600. The van der Waals surface area contributed by atoms with E-state index in [1.807, 2.05) is 0 Å². The van der Waals surface area contributed by atoms with Crippen LogP contribution in [0.2, 0.25) is 0 Å². The van der Waals surface area contributed by atoms with Gasteiger partial charge in [0.2, 0.25) is 0 Å². The Balaban J connectivity index is 1.73. The predicted molar refractivity (Wildman–Crippen MR) is 182 cm³/mol. The zero-order chi connectivity index (χ0) is 29.8. The summed E-state index contributed by atoms with van der Waals surface area (Å²) in [5, 5.41) is 0. The van der Waals surface area contributed by atoms with Crippen LogP contribution in [-0.2, 0) is 0 Å². The summed E-state index contributed by atoms with van der Waals surface area (Å²) in [5.41, 5.74) is 11.3. The lowest BCUT2D eigenvalue weighted by Gasteiger charge is -2.33. The monoisotopic (exact) mass is 542 g/mol. The first-order valence-electron chi connectivity index (χ1n) is 16.2. The highest BCUT2D eigenvalue weighted by Crippen LogP contribution is 2.41. The fourth-order valence-corrected chi connectivity index (χ4v) is 6.50. The lowest BCUT2D eigenvalue weighted by molar-refractivity contribution is 0.376. The largest absolute Gasteiger partial charge is 0.0814 e. The van der Waals surface area contributed by atoms with Crippen molar-refractivity contribution in [1.82, 2.24) is 0 Å². The molecule has 0 bridgehead atoms. The molecular weight excluding hydrogens is 480 g/mol. The summed E-state index contributed by atoms with van der Waals surface area (Å²) in [6, 6.07) is 0. The van der Waals surface area contributed by atoms with Gasteiger partial charge in [-0.3, -0.25) is 0 Å². The molecule has 2 aliphatic rings. The van der Waals surface area contributed by atoms with Crippen LogP contribution in [-0.4, -0.2) is 0 Å². The summed E-state index contributed by atoms with van der Waals surface area (Å²) in [6.45, 7) is 23.4. The third-order valence-electron chi connectivity index (χ3n) is 9.30. The zero-order valence-corrected chi connectivity index (χ0v) is 28.1. The van der Waals surface area contributed by atoms with Gasteiger partial charge in [-0.25, -0.2) is 0 Å². The van der Waals surface area contributed by atoms with Gasteiger partial charge in [0.05, 0.1) is 0 Å². The lowest BCUT2D eigenvalue weighted by atomic mass is 9.72. The number of hydrogen-bond donors (Lipinski definition) is 0. The standard InChI is InChI=1S/C40H62/c1-31(19-13-21-33(3)25-27-37-35(5)23-15-29-39(37,7)8)17-11-12-18-32(2)20-14-22-34(4)26-28-38-36(6)24-16-30-40(38,9)10/h11-12,17-18,21,25-28,34H,13-16,19-20,22-24,29-30H2,1-10H3/b12-11+,27-25+,28-26+,31-17+,32-18+,33-21+. The van der Waals surface area contributed by atoms with Crippen molar-refractivity contribution in [2.45, 2.75) is 140 Å². The van der Waals surface area contributed by atoms with Crippen LogP contribution < -0.4 is 0 Å². The van der Waals surface area contributed by atoms with Crippen molar-refractivity contribution >= 4 is 0 Å². The van der Waals surface area contributed by atoms with Gasteiger partial charge in [-0.1, -0.05) is 117 Å². The van der Waals surface area contributed by atoms with Crippen molar-refractivity contribution in [3.8, 4) is 0 Å². The molecule has 0 aromatic heterocycles. The molecule has 1 unspecified atom stereocenters. The van der Waals surface area contributed by atoms with Crippen LogP contribution in [0.25, 0.3) is 0 Å². The van der Waals surface area contributed by atoms with Crippen molar-refractivity contribution in [2.24, 2.45) is 16.7 Å². The first kappa shape index (κ1) is 34.1. The van der Waals surface area contributed by atoms with E-state index in [1.54, 1.807) is 22.3 Å². The Morgan fingerprint density at radius 3 is 1.85 bits per heavy atom. The molecule has 222 valence electrons. The molecule has 0 heterocycles. The summed E-state index contributed by atoms with van der Waals surface area (Å²) in [5.74, 6) is 0.639. The van der Waals surface area contributed by atoms with Crippen LogP contribution in [0.5, 0.6) is 0 Å². The summed E-state index contributed by atoms with van der Waals surface area (Å²) >= 11 is 0. The average Bonchev–Trinajstić information content (AvgIpc) is 2.85. The van der Waals surface area contributed by atoms with Gasteiger partial charge in [-0.15, -0.1) is 0 Å². The van der Waals surface area contributed by atoms with Crippen molar-refractivity contribution in [1.29, 1.82) is 0 Å². The van der Waals surface area contributed by atoms with E-state index in [1.165, 1.54) is 74.5 Å². The Morgan fingerprint density at radius 2 is 1.30 bits per heavy atom. The second kappa shape index (κ2) is 16.4. The molecule has 40 heavy (non-hydrogen) atoms. The Kier molecular flexibility index (Phi) is 14.0. The molecule has 0 saturated carbocycles. The molecule has 0 saturated heterocycles. The second-order valence-electron chi connectivity index (χ2n) is 14.3. The van der Waals surface area contributed by atoms with E-state index in [4.69, 9.17) is 0 Å². The highest BCUT2D eigenvalue weighted by Gasteiger charge is 2.27. The van der Waals surface area contributed by atoms with Crippen LogP contribution in [0.4, 0.5) is 0 Å². The summed E-state index contributed by atoms with van der Waals surface area (Å²) < 4.78 is 0. The molecule has 2 rings (SSSR count). The first-order valence-corrected chi connectivity index (χ1v) is 16.2. The molecule has 0 aromatic carbocycles. The summed E-state index contributed by atoms with van der Waals surface area (Å²) in [4.78, 5) is 0. The normalized spacial score (nSPS) is 21.9. The van der Waals surface area contributed by atoms with Crippen LogP contribution in [0.1, 0.15) is 140 Å². The van der Waals surface area contributed by atoms with Gasteiger partial charge >= 0.3 is 0 Å². The summed E-state index contributed by atoms with van der Waals surface area (Å²) in [6.07, 6.45) is 34.7. The Bertz CT molecular complexity index is 1070. The minimum Gasteiger partial charge on any atom is -0.0814 e. The van der Waals surface area contributed by atoms with E-state index in [-0.39, 0.29) is 0 Å². The predicted octanol–water partition coefficient (Wildman–Crippen LogP) is 13.1.